The van der Waals surface area contributed by atoms with Gasteiger partial charge in [0.1, 0.15) is 0 Å². The highest BCUT2D eigenvalue weighted by molar-refractivity contribution is 5.97. The summed E-state index contributed by atoms with van der Waals surface area (Å²) in [6.07, 6.45) is 11.4. The Morgan fingerprint density at radius 3 is 2.54 bits per heavy atom. The number of benzene rings is 1. The maximum absolute atomic E-state index is 13.4. The maximum Gasteiger partial charge on any atom is 0.290 e. The van der Waals surface area contributed by atoms with Crippen LogP contribution in [-0.4, -0.2) is 48.1 Å². The predicted molar refractivity (Wildman–Crippen MR) is 147 cm³/mol. The van der Waals surface area contributed by atoms with Gasteiger partial charge in [0.15, 0.2) is 0 Å². The molecule has 1 saturated carbocycles. The number of rotatable bonds is 4. The molecule has 0 saturated heterocycles. The number of allylic oxidation sites excluding steroid dienone is 2. The summed E-state index contributed by atoms with van der Waals surface area (Å²) >= 11 is 0. The lowest BCUT2D eigenvalue weighted by Gasteiger charge is -2.39. The van der Waals surface area contributed by atoms with Gasteiger partial charge in [0.05, 0.1) is 0 Å². The number of aromatic nitrogens is 1. The minimum absolute atomic E-state index is 0.111. The Balaban J connectivity index is 0.00000121. The summed E-state index contributed by atoms with van der Waals surface area (Å²) in [5, 5.41) is 13.4. The van der Waals surface area contributed by atoms with Crippen molar-refractivity contribution in [3.63, 3.8) is 0 Å². The molecule has 1 aliphatic carbocycles. The second-order valence-corrected chi connectivity index (χ2v) is 9.67. The highest BCUT2D eigenvalue weighted by Crippen LogP contribution is 2.32. The molecular weight excluding hydrogens is 468 g/mol. The van der Waals surface area contributed by atoms with Crippen LogP contribution in [0.1, 0.15) is 71.8 Å². The number of carbonyl (C=O) groups excluding carboxylic acids is 1. The summed E-state index contributed by atoms with van der Waals surface area (Å²) in [7, 11) is 2.05. The van der Waals surface area contributed by atoms with Crippen molar-refractivity contribution in [2.24, 2.45) is 0 Å². The van der Waals surface area contributed by atoms with Crippen molar-refractivity contribution in [1.29, 1.82) is 0 Å². The van der Waals surface area contributed by atoms with Gasteiger partial charge in [-0.05, 0) is 95.2 Å². The van der Waals surface area contributed by atoms with Crippen LogP contribution in [0.25, 0.3) is 0 Å². The van der Waals surface area contributed by atoms with Gasteiger partial charge in [-0.25, -0.2) is 0 Å². The maximum atomic E-state index is 13.4. The molecule has 2 aromatic rings. The fourth-order valence-corrected chi connectivity index (χ4v) is 5.60. The SMILES string of the molecule is CCN(c1cccc2c1C/C=C/CCc1cc(C)[nH]c(=O)c1CNC2=O)[C@H]1CC[C@H](NC)CC1.O=CO. The number of aryl methyl sites for hydroxylation is 2. The molecule has 200 valence electrons. The Morgan fingerprint density at radius 1 is 1.14 bits per heavy atom. The number of carboxylic acid groups (broad SMARTS) is 1. The summed E-state index contributed by atoms with van der Waals surface area (Å²) < 4.78 is 0. The molecule has 8 nitrogen and oxygen atoms in total. The molecule has 4 N–H and O–H groups in total. The van der Waals surface area contributed by atoms with Crippen LogP contribution in [0, 0.1) is 6.92 Å². The molecule has 1 aliphatic heterocycles. The number of anilines is 1. The average Bonchev–Trinajstić information content (AvgIpc) is 2.88. The molecule has 0 spiro atoms. The summed E-state index contributed by atoms with van der Waals surface area (Å²) in [4.78, 5) is 39.7. The Kier molecular flexibility index (Phi) is 10.5. The van der Waals surface area contributed by atoms with Gasteiger partial charge in [-0.3, -0.25) is 14.4 Å². The van der Waals surface area contributed by atoms with Crippen molar-refractivity contribution in [2.45, 2.75) is 77.4 Å². The fourth-order valence-electron chi connectivity index (χ4n) is 5.60. The highest BCUT2D eigenvalue weighted by atomic mass is 16.3. The van der Waals surface area contributed by atoms with Crippen LogP contribution in [0.2, 0.25) is 0 Å². The third kappa shape index (κ3) is 7.10. The van der Waals surface area contributed by atoms with Gasteiger partial charge >= 0.3 is 0 Å². The molecular formula is C29H40N4O4. The van der Waals surface area contributed by atoms with Crippen molar-refractivity contribution in [2.75, 3.05) is 18.5 Å². The average molecular weight is 509 g/mol. The van der Waals surface area contributed by atoms with E-state index in [4.69, 9.17) is 9.90 Å². The van der Waals surface area contributed by atoms with Crippen molar-refractivity contribution in [3.8, 4) is 0 Å². The van der Waals surface area contributed by atoms with Crippen molar-refractivity contribution >= 4 is 18.1 Å². The normalized spacial score (nSPS) is 20.5. The molecule has 1 fully saturated rings. The lowest BCUT2D eigenvalue weighted by Crippen LogP contribution is -2.42. The number of hydrogen-bond donors (Lipinski definition) is 4. The summed E-state index contributed by atoms with van der Waals surface area (Å²) in [5.41, 5.74) is 5.35. The topological polar surface area (TPSA) is 115 Å². The van der Waals surface area contributed by atoms with E-state index in [1.807, 2.05) is 25.1 Å². The Morgan fingerprint density at radius 2 is 1.86 bits per heavy atom. The zero-order valence-electron chi connectivity index (χ0n) is 22.2. The van der Waals surface area contributed by atoms with Crippen LogP contribution in [0.15, 0.2) is 41.2 Å². The molecule has 0 unspecified atom stereocenters. The largest absolute Gasteiger partial charge is 0.483 e. The number of amides is 1. The third-order valence-electron chi connectivity index (χ3n) is 7.45. The van der Waals surface area contributed by atoms with Crippen LogP contribution < -0.4 is 21.1 Å². The van der Waals surface area contributed by atoms with E-state index in [1.165, 1.54) is 18.5 Å². The van der Waals surface area contributed by atoms with Crippen molar-refractivity contribution in [3.05, 3.63) is 74.7 Å². The smallest absolute Gasteiger partial charge is 0.290 e. The molecule has 1 aromatic heterocycles. The van der Waals surface area contributed by atoms with E-state index in [9.17, 15) is 9.59 Å². The molecule has 0 atom stereocenters. The molecule has 4 rings (SSSR count). The first kappa shape index (κ1) is 28.2. The van der Waals surface area contributed by atoms with Crippen molar-refractivity contribution < 1.29 is 14.7 Å². The van der Waals surface area contributed by atoms with Gasteiger partial charge in [0.2, 0.25) is 0 Å². The fraction of sp³-hybridized carbons (Fsp3) is 0.483. The van der Waals surface area contributed by atoms with Gasteiger partial charge in [0.25, 0.3) is 17.9 Å². The first-order chi connectivity index (χ1) is 17.9. The van der Waals surface area contributed by atoms with Crippen LogP contribution in [0.3, 0.4) is 0 Å². The summed E-state index contributed by atoms with van der Waals surface area (Å²) in [5.74, 6) is -0.119. The van der Waals surface area contributed by atoms with E-state index < -0.39 is 0 Å². The Labute approximate surface area is 219 Å². The number of hydrogen-bond acceptors (Lipinski definition) is 5. The molecule has 1 amide bonds. The Bertz CT molecular complexity index is 1150. The van der Waals surface area contributed by atoms with Crippen molar-refractivity contribution in [1.82, 2.24) is 15.6 Å². The number of carbonyl (C=O) groups is 2. The summed E-state index contributed by atoms with van der Waals surface area (Å²) in [6.45, 7) is 5.01. The molecule has 0 radical (unpaired) electrons. The molecule has 0 bridgehead atoms. The highest BCUT2D eigenvalue weighted by Gasteiger charge is 2.27. The molecule has 37 heavy (non-hydrogen) atoms. The second-order valence-electron chi connectivity index (χ2n) is 9.67. The lowest BCUT2D eigenvalue weighted by atomic mass is 9.89. The van der Waals surface area contributed by atoms with Crippen LogP contribution in [0.5, 0.6) is 0 Å². The van der Waals surface area contributed by atoms with Gasteiger partial charge in [-0.15, -0.1) is 0 Å². The minimum atomic E-state index is -0.250. The summed E-state index contributed by atoms with van der Waals surface area (Å²) in [6, 6.07) is 9.20. The first-order valence-corrected chi connectivity index (χ1v) is 13.2. The molecule has 2 aliphatic rings. The Hall–Kier alpha value is -3.39. The van der Waals surface area contributed by atoms with E-state index in [-0.39, 0.29) is 24.5 Å². The second kappa shape index (κ2) is 13.8. The first-order valence-electron chi connectivity index (χ1n) is 13.2. The van der Waals surface area contributed by atoms with E-state index in [2.05, 4.69) is 52.7 Å². The number of H-pyrrole nitrogens is 1. The number of pyridine rings is 1. The van der Waals surface area contributed by atoms with Gasteiger partial charge < -0.3 is 25.6 Å². The molecule has 1 aromatic carbocycles. The zero-order valence-corrected chi connectivity index (χ0v) is 22.2. The monoisotopic (exact) mass is 508 g/mol. The van der Waals surface area contributed by atoms with Crippen LogP contribution >= 0.6 is 0 Å². The number of nitrogens with zero attached hydrogens (tertiary/aromatic N) is 1. The lowest BCUT2D eigenvalue weighted by molar-refractivity contribution is -0.122. The minimum Gasteiger partial charge on any atom is -0.483 e. The van der Waals surface area contributed by atoms with Gasteiger partial charge in [-0.1, -0.05) is 18.2 Å². The van der Waals surface area contributed by atoms with E-state index >= 15 is 0 Å². The van der Waals surface area contributed by atoms with E-state index in [0.717, 1.165) is 55.5 Å². The third-order valence-corrected chi connectivity index (χ3v) is 7.45. The van der Waals surface area contributed by atoms with Gasteiger partial charge in [0, 0.05) is 47.7 Å². The molecule has 2 heterocycles. The molecule has 8 heteroatoms. The zero-order chi connectivity index (χ0) is 26.8. The predicted octanol–water partition coefficient (Wildman–Crippen LogP) is 3.72. The standard InChI is InChI=1S/C28H38N4O2.CH2O2/c1-4-32(22-15-13-21(29-3)14-16-22)26-12-8-11-24-23(26)10-7-5-6-9-20-17-19(2)31-28(34)25(20)18-30-27(24)33;2-1-3/h5,7-8,11-12,17,21-22,29H,4,6,9-10,13-16,18H2,1-3H3,(H,30,33)(H,31,34);1H,(H,2,3)/b7-5+;/t21-,22-;. The van der Waals surface area contributed by atoms with Crippen LogP contribution in [-0.2, 0) is 24.2 Å². The number of aromatic amines is 1. The van der Waals surface area contributed by atoms with Crippen LogP contribution in [0.4, 0.5) is 5.69 Å². The quantitative estimate of drug-likeness (QED) is 0.370. The van der Waals surface area contributed by atoms with E-state index in [1.54, 1.807) is 0 Å². The van der Waals surface area contributed by atoms with E-state index in [0.29, 0.717) is 23.2 Å². The number of fused-ring (bicyclic) bond motifs is 2. The number of nitrogens with one attached hydrogen (secondary N) is 3. The van der Waals surface area contributed by atoms with Gasteiger partial charge in [-0.2, -0.15) is 0 Å².